The molecule has 0 saturated heterocycles. The molecule has 1 aliphatic heterocycles. The van der Waals surface area contributed by atoms with Gasteiger partial charge < -0.3 is 15.0 Å². The van der Waals surface area contributed by atoms with Crippen molar-refractivity contribution in [2.45, 2.75) is 6.42 Å². The molecule has 25 heavy (non-hydrogen) atoms. The van der Waals surface area contributed by atoms with Gasteiger partial charge in [0.25, 0.3) is 0 Å². The first kappa shape index (κ1) is 15.8. The fourth-order valence-corrected chi connectivity index (χ4v) is 3.33. The van der Waals surface area contributed by atoms with Gasteiger partial charge in [0.2, 0.25) is 0 Å². The fraction of sp³-hybridized carbons (Fsp3) is 0.150. The SMILES string of the molecule is COc1ccc2[nH]c3c(c2c1)CCN/C3=C\C(=O)c1ccc(Cl)cc1. The highest BCUT2D eigenvalue weighted by atomic mass is 35.5. The molecule has 0 fully saturated rings. The van der Waals surface area contributed by atoms with Gasteiger partial charge in [0, 0.05) is 34.1 Å². The van der Waals surface area contributed by atoms with Crippen LogP contribution in [-0.4, -0.2) is 24.4 Å². The van der Waals surface area contributed by atoms with Crippen molar-refractivity contribution in [1.82, 2.24) is 10.3 Å². The smallest absolute Gasteiger partial charge is 0.187 e. The molecule has 1 aromatic heterocycles. The third-order valence-electron chi connectivity index (χ3n) is 4.48. The molecule has 0 aliphatic carbocycles. The van der Waals surface area contributed by atoms with Gasteiger partial charge in [-0.2, -0.15) is 0 Å². The van der Waals surface area contributed by atoms with E-state index in [1.54, 1.807) is 37.5 Å². The minimum Gasteiger partial charge on any atom is -0.497 e. The van der Waals surface area contributed by atoms with E-state index in [2.05, 4.69) is 10.3 Å². The van der Waals surface area contributed by atoms with Crippen LogP contribution in [0.2, 0.25) is 5.02 Å². The Kier molecular flexibility index (Phi) is 3.98. The third kappa shape index (κ3) is 2.89. The first-order chi connectivity index (χ1) is 12.2. The number of ketones is 1. The Morgan fingerprint density at radius 3 is 2.76 bits per heavy atom. The van der Waals surface area contributed by atoms with Crippen LogP contribution < -0.4 is 10.1 Å². The molecule has 0 saturated carbocycles. The normalized spacial score (nSPS) is 15.0. The first-order valence-electron chi connectivity index (χ1n) is 8.10. The second-order valence-electron chi connectivity index (χ2n) is 6.00. The Balaban J connectivity index is 1.76. The predicted octanol–water partition coefficient (Wildman–Crippen LogP) is 4.20. The molecule has 0 atom stereocenters. The van der Waals surface area contributed by atoms with E-state index in [4.69, 9.17) is 16.3 Å². The number of hydrogen-bond donors (Lipinski definition) is 2. The molecular formula is C20H17ClN2O2. The van der Waals surface area contributed by atoms with E-state index in [9.17, 15) is 4.79 Å². The summed E-state index contributed by atoms with van der Waals surface area (Å²) in [5.41, 5.74) is 4.65. The molecule has 0 unspecified atom stereocenters. The average Bonchev–Trinajstić information content (AvgIpc) is 3.01. The third-order valence-corrected chi connectivity index (χ3v) is 4.73. The summed E-state index contributed by atoms with van der Waals surface area (Å²) in [7, 11) is 1.66. The Morgan fingerprint density at radius 2 is 2.00 bits per heavy atom. The van der Waals surface area contributed by atoms with Crippen molar-refractivity contribution in [1.29, 1.82) is 0 Å². The lowest BCUT2D eigenvalue weighted by atomic mass is 10.0. The zero-order valence-corrected chi connectivity index (χ0v) is 14.5. The summed E-state index contributed by atoms with van der Waals surface area (Å²) in [6.45, 7) is 0.789. The number of fused-ring (bicyclic) bond motifs is 3. The number of H-pyrrole nitrogens is 1. The largest absolute Gasteiger partial charge is 0.497 e. The fourth-order valence-electron chi connectivity index (χ4n) is 3.21. The molecule has 2 heterocycles. The molecule has 4 nitrogen and oxygen atoms in total. The minimum atomic E-state index is -0.0525. The molecule has 5 heteroatoms. The van der Waals surface area contributed by atoms with E-state index in [1.807, 2.05) is 18.2 Å². The standard InChI is InChI=1S/C20H17ClN2O2/c1-25-14-6-7-17-16(10-14)15-8-9-22-18(20(15)23-17)11-19(24)12-2-4-13(21)5-3-12/h2-7,10-11,22-23H,8-9H2,1H3/b18-11-. The van der Waals surface area contributed by atoms with Gasteiger partial charge >= 0.3 is 0 Å². The summed E-state index contributed by atoms with van der Waals surface area (Å²) in [6, 6.07) is 12.9. The predicted molar refractivity (Wildman–Crippen MR) is 100 cm³/mol. The highest BCUT2D eigenvalue weighted by Gasteiger charge is 2.20. The van der Waals surface area contributed by atoms with E-state index in [-0.39, 0.29) is 5.78 Å². The van der Waals surface area contributed by atoms with E-state index in [1.165, 1.54) is 5.56 Å². The zero-order valence-electron chi connectivity index (χ0n) is 13.7. The van der Waals surface area contributed by atoms with Crippen LogP contribution in [0.25, 0.3) is 16.6 Å². The Morgan fingerprint density at radius 1 is 1.20 bits per heavy atom. The summed E-state index contributed by atoms with van der Waals surface area (Å²) >= 11 is 5.89. The molecule has 1 aliphatic rings. The van der Waals surface area contributed by atoms with Crippen molar-refractivity contribution in [2.24, 2.45) is 0 Å². The number of allylic oxidation sites excluding steroid dienone is 1. The number of nitrogens with one attached hydrogen (secondary N) is 2. The maximum absolute atomic E-state index is 12.6. The number of aromatic nitrogens is 1. The summed E-state index contributed by atoms with van der Waals surface area (Å²) in [4.78, 5) is 16.0. The van der Waals surface area contributed by atoms with E-state index in [0.29, 0.717) is 10.6 Å². The highest BCUT2D eigenvalue weighted by Crippen LogP contribution is 2.32. The number of rotatable bonds is 3. The molecule has 0 amide bonds. The van der Waals surface area contributed by atoms with Crippen molar-refractivity contribution in [3.05, 3.63) is 70.4 Å². The van der Waals surface area contributed by atoms with Gasteiger partial charge in [0.1, 0.15) is 5.75 Å². The second kappa shape index (κ2) is 6.30. The van der Waals surface area contributed by atoms with Crippen LogP contribution in [0, 0.1) is 0 Å². The van der Waals surface area contributed by atoms with Crippen LogP contribution in [0.4, 0.5) is 0 Å². The molecule has 0 radical (unpaired) electrons. The van der Waals surface area contributed by atoms with Crippen LogP contribution in [0.3, 0.4) is 0 Å². The van der Waals surface area contributed by atoms with Gasteiger partial charge in [-0.1, -0.05) is 11.6 Å². The van der Waals surface area contributed by atoms with E-state index in [0.717, 1.165) is 41.0 Å². The lowest BCUT2D eigenvalue weighted by Gasteiger charge is -2.17. The van der Waals surface area contributed by atoms with Gasteiger partial charge in [-0.3, -0.25) is 4.79 Å². The van der Waals surface area contributed by atoms with Crippen molar-refractivity contribution < 1.29 is 9.53 Å². The van der Waals surface area contributed by atoms with E-state index < -0.39 is 0 Å². The number of aromatic amines is 1. The van der Waals surface area contributed by atoms with Crippen molar-refractivity contribution in [3.63, 3.8) is 0 Å². The molecule has 4 rings (SSSR count). The van der Waals surface area contributed by atoms with Crippen molar-refractivity contribution >= 4 is 34.0 Å². The monoisotopic (exact) mass is 352 g/mol. The Bertz CT molecular complexity index is 987. The summed E-state index contributed by atoms with van der Waals surface area (Å²) in [5, 5.41) is 5.09. The lowest BCUT2D eigenvalue weighted by Crippen LogP contribution is -2.23. The van der Waals surface area contributed by atoms with Crippen LogP contribution in [0.15, 0.2) is 48.5 Å². The second-order valence-corrected chi connectivity index (χ2v) is 6.43. The number of carbonyl (C=O) groups excluding carboxylic acids is 1. The summed E-state index contributed by atoms with van der Waals surface area (Å²) in [6.07, 6.45) is 2.54. The first-order valence-corrected chi connectivity index (χ1v) is 8.48. The highest BCUT2D eigenvalue weighted by molar-refractivity contribution is 6.30. The number of halogens is 1. The van der Waals surface area contributed by atoms with Crippen LogP contribution in [0.1, 0.15) is 21.6 Å². The maximum atomic E-state index is 12.6. The summed E-state index contributed by atoms with van der Waals surface area (Å²) in [5.74, 6) is 0.777. The Labute approximate surface area is 150 Å². The molecule has 2 N–H and O–H groups in total. The molecule has 0 spiro atoms. The molecule has 0 bridgehead atoms. The van der Waals surface area contributed by atoms with Gasteiger partial charge in [0.15, 0.2) is 5.78 Å². The Hall–Kier alpha value is -2.72. The molecule has 2 aromatic carbocycles. The van der Waals surface area contributed by atoms with Crippen LogP contribution >= 0.6 is 11.6 Å². The van der Waals surface area contributed by atoms with Gasteiger partial charge in [-0.15, -0.1) is 0 Å². The quantitative estimate of drug-likeness (QED) is 0.548. The van der Waals surface area contributed by atoms with Gasteiger partial charge in [-0.05, 0) is 54.4 Å². The topological polar surface area (TPSA) is 54.1 Å². The number of ether oxygens (including phenoxy) is 1. The number of methoxy groups -OCH3 is 1. The van der Waals surface area contributed by atoms with Crippen LogP contribution in [0.5, 0.6) is 5.75 Å². The molecule has 3 aromatic rings. The van der Waals surface area contributed by atoms with Crippen molar-refractivity contribution in [2.75, 3.05) is 13.7 Å². The number of benzene rings is 2. The van der Waals surface area contributed by atoms with Crippen molar-refractivity contribution in [3.8, 4) is 5.75 Å². The zero-order chi connectivity index (χ0) is 17.4. The lowest BCUT2D eigenvalue weighted by molar-refractivity contribution is 0.104. The summed E-state index contributed by atoms with van der Waals surface area (Å²) < 4.78 is 5.33. The van der Waals surface area contributed by atoms with Gasteiger partial charge in [0.05, 0.1) is 18.5 Å². The number of carbonyl (C=O) groups is 1. The van der Waals surface area contributed by atoms with E-state index >= 15 is 0 Å². The number of hydrogen-bond acceptors (Lipinski definition) is 3. The minimum absolute atomic E-state index is 0.0525. The van der Waals surface area contributed by atoms with Gasteiger partial charge in [-0.25, -0.2) is 0 Å². The van der Waals surface area contributed by atoms with Crippen LogP contribution in [-0.2, 0) is 6.42 Å². The molecular weight excluding hydrogens is 336 g/mol. The average molecular weight is 353 g/mol. The maximum Gasteiger partial charge on any atom is 0.187 e. The molecule has 126 valence electrons.